The predicted molar refractivity (Wildman–Crippen MR) is 103 cm³/mol. The van der Waals surface area contributed by atoms with E-state index in [-0.39, 0.29) is 31.6 Å². The second-order valence-electron chi connectivity index (χ2n) is 6.21. The van der Waals surface area contributed by atoms with Crippen molar-refractivity contribution >= 4 is 5.78 Å². The molecule has 4 heteroatoms. The van der Waals surface area contributed by atoms with Gasteiger partial charge in [0.1, 0.15) is 0 Å². The second-order valence-corrected chi connectivity index (χ2v) is 6.21. The Bertz CT molecular complexity index is 686. The van der Waals surface area contributed by atoms with Gasteiger partial charge in [-0.3, -0.25) is 4.79 Å². The van der Waals surface area contributed by atoms with Gasteiger partial charge < -0.3 is 10.4 Å². The van der Waals surface area contributed by atoms with E-state index >= 15 is 0 Å². The Balaban J connectivity index is 0.000000366. The van der Waals surface area contributed by atoms with Crippen LogP contribution in [0.25, 0.3) is 16.4 Å². The van der Waals surface area contributed by atoms with Crippen molar-refractivity contribution in [2.45, 2.75) is 39.2 Å². The molecule has 1 aliphatic heterocycles. The zero-order valence-electron chi connectivity index (χ0n) is 15.2. The summed E-state index contributed by atoms with van der Waals surface area (Å²) >= 11 is 0. The SMILES string of the molecule is CC(=O)/C=C(/C)O.[Ir].[c-]1cc(-c2ccccc2)ccc1C1CCCC[N-]1. The quantitative estimate of drug-likeness (QED) is 0.312. The van der Waals surface area contributed by atoms with Crippen LogP contribution in [-0.2, 0) is 24.9 Å². The molecule has 1 atom stereocenters. The van der Waals surface area contributed by atoms with Crippen LogP contribution in [0.1, 0.15) is 44.7 Å². The van der Waals surface area contributed by atoms with Gasteiger partial charge >= 0.3 is 0 Å². The number of carbonyl (C=O) groups is 1. The molecule has 0 spiro atoms. The van der Waals surface area contributed by atoms with Gasteiger partial charge in [-0.1, -0.05) is 55.2 Å². The molecule has 2 aromatic rings. The van der Waals surface area contributed by atoms with Crippen LogP contribution < -0.4 is 0 Å². The fraction of sp³-hybridized carbons (Fsp3) is 0.318. The number of ketones is 1. The predicted octanol–water partition coefficient (Wildman–Crippen LogP) is 5.79. The van der Waals surface area contributed by atoms with Crippen LogP contribution in [0, 0.1) is 6.07 Å². The molecule has 141 valence electrons. The van der Waals surface area contributed by atoms with Crippen molar-refractivity contribution in [2.75, 3.05) is 6.54 Å². The first-order valence-corrected chi connectivity index (χ1v) is 8.68. The van der Waals surface area contributed by atoms with Gasteiger partial charge in [-0.15, -0.1) is 18.2 Å². The number of aliphatic hydroxyl groups is 1. The molecule has 1 saturated heterocycles. The molecule has 0 amide bonds. The Morgan fingerprint density at radius 3 is 2.31 bits per heavy atom. The third-order valence-electron chi connectivity index (χ3n) is 3.95. The van der Waals surface area contributed by atoms with Crippen molar-refractivity contribution in [1.82, 2.24) is 0 Å². The largest absolute Gasteiger partial charge is 0.657 e. The van der Waals surface area contributed by atoms with E-state index in [1.54, 1.807) is 0 Å². The van der Waals surface area contributed by atoms with Gasteiger partial charge in [-0.25, -0.2) is 0 Å². The summed E-state index contributed by atoms with van der Waals surface area (Å²) in [7, 11) is 0. The zero-order valence-corrected chi connectivity index (χ0v) is 17.6. The zero-order chi connectivity index (χ0) is 18.1. The van der Waals surface area contributed by atoms with Crippen LogP contribution in [0.5, 0.6) is 0 Å². The van der Waals surface area contributed by atoms with Crippen LogP contribution in [0.2, 0.25) is 0 Å². The maximum atomic E-state index is 10.0. The van der Waals surface area contributed by atoms with Crippen LogP contribution >= 0.6 is 0 Å². The average Bonchev–Trinajstić information content (AvgIpc) is 2.63. The van der Waals surface area contributed by atoms with Crippen molar-refractivity contribution in [3.05, 3.63) is 77.3 Å². The number of hydrogen-bond acceptors (Lipinski definition) is 2. The molecular weight excluding hydrogens is 502 g/mol. The number of hydrogen-bond donors (Lipinski definition) is 1. The fourth-order valence-electron chi connectivity index (χ4n) is 2.79. The summed E-state index contributed by atoms with van der Waals surface area (Å²) in [5.74, 6) is -0.0625. The van der Waals surface area contributed by atoms with Gasteiger partial charge in [0.2, 0.25) is 0 Å². The molecule has 2 aromatic carbocycles. The van der Waals surface area contributed by atoms with Crippen molar-refractivity contribution < 1.29 is 30.0 Å². The Hall–Kier alpha value is -1.74. The normalized spacial score (nSPS) is 16.7. The van der Waals surface area contributed by atoms with E-state index in [2.05, 4.69) is 53.8 Å². The molecule has 26 heavy (non-hydrogen) atoms. The van der Waals surface area contributed by atoms with E-state index < -0.39 is 0 Å². The maximum absolute atomic E-state index is 10.0. The van der Waals surface area contributed by atoms with Crippen molar-refractivity contribution in [2.24, 2.45) is 0 Å². The van der Waals surface area contributed by atoms with Crippen LogP contribution in [-0.4, -0.2) is 17.4 Å². The van der Waals surface area contributed by atoms with Gasteiger partial charge in [0.25, 0.3) is 0 Å². The molecule has 1 aliphatic rings. The topological polar surface area (TPSA) is 51.4 Å². The minimum Gasteiger partial charge on any atom is -0.657 e. The maximum Gasteiger partial charge on any atom is 0.155 e. The van der Waals surface area contributed by atoms with Gasteiger partial charge in [0.15, 0.2) is 5.78 Å². The van der Waals surface area contributed by atoms with Crippen LogP contribution in [0.4, 0.5) is 0 Å². The molecule has 0 saturated carbocycles. The first-order chi connectivity index (χ1) is 12.1. The summed E-state index contributed by atoms with van der Waals surface area (Å²) in [6.07, 6.45) is 4.89. The fourth-order valence-corrected chi connectivity index (χ4v) is 2.79. The summed E-state index contributed by atoms with van der Waals surface area (Å²) in [5, 5.41) is 13.0. The monoisotopic (exact) mass is 528 g/mol. The van der Waals surface area contributed by atoms with E-state index in [9.17, 15) is 4.79 Å². The summed E-state index contributed by atoms with van der Waals surface area (Å²) in [6, 6.07) is 20.7. The van der Waals surface area contributed by atoms with E-state index in [1.807, 2.05) is 6.07 Å². The van der Waals surface area contributed by atoms with E-state index in [0.29, 0.717) is 6.04 Å². The molecule has 1 heterocycles. The van der Waals surface area contributed by atoms with E-state index in [1.165, 1.54) is 55.9 Å². The standard InChI is InChI=1S/C17H17N.C5H8O2.Ir/c1-2-6-14(7-3-1)15-9-11-16(12-10-15)17-8-4-5-13-18-17;1-4(6)3-5(2)7;/h1-3,6-7,9-11,17H,4-5,8,13H2;3,6H,1-2H3;/q-2;;/b;4-3-;. The molecular formula is C22H25IrNO2-2. The molecule has 1 radical (unpaired) electrons. The molecule has 1 fully saturated rings. The number of piperidine rings is 1. The van der Waals surface area contributed by atoms with Crippen molar-refractivity contribution in [3.8, 4) is 11.1 Å². The number of nitrogens with zero attached hydrogens (tertiary/aromatic N) is 1. The first kappa shape index (κ1) is 22.3. The van der Waals surface area contributed by atoms with E-state index in [4.69, 9.17) is 5.11 Å². The van der Waals surface area contributed by atoms with Crippen molar-refractivity contribution in [1.29, 1.82) is 0 Å². The summed E-state index contributed by atoms with van der Waals surface area (Å²) in [4.78, 5) is 10.0. The minimum absolute atomic E-state index is 0. The third kappa shape index (κ3) is 7.65. The van der Waals surface area contributed by atoms with E-state index in [0.717, 1.165) is 6.54 Å². The number of benzene rings is 2. The number of aliphatic hydroxyl groups excluding tert-OH is 1. The number of rotatable bonds is 3. The van der Waals surface area contributed by atoms with Crippen molar-refractivity contribution in [3.63, 3.8) is 0 Å². The second kappa shape index (κ2) is 11.8. The van der Waals surface area contributed by atoms with Crippen LogP contribution in [0.15, 0.2) is 60.4 Å². The minimum atomic E-state index is -0.125. The Morgan fingerprint density at radius 1 is 1.12 bits per heavy atom. The molecule has 3 nitrogen and oxygen atoms in total. The number of carbonyl (C=O) groups excluding carboxylic acids is 1. The molecule has 0 aromatic heterocycles. The summed E-state index contributed by atoms with van der Waals surface area (Å²) in [5.41, 5.74) is 3.73. The Morgan fingerprint density at radius 2 is 1.85 bits per heavy atom. The number of allylic oxidation sites excluding steroid dienone is 2. The van der Waals surface area contributed by atoms with Crippen LogP contribution in [0.3, 0.4) is 0 Å². The average molecular weight is 528 g/mol. The molecule has 3 rings (SSSR count). The Labute approximate surface area is 169 Å². The first-order valence-electron chi connectivity index (χ1n) is 8.68. The summed E-state index contributed by atoms with van der Waals surface area (Å²) < 4.78 is 0. The molecule has 1 N–H and O–H groups in total. The smallest absolute Gasteiger partial charge is 0.155 e. The molecule has 0 bridgehead atoms. The third-order valence-corrected chi connectivity index (χ3v) is 3.95. The van der Waals surface area contributed by atoms with Gasteiger partial charge in [-0.2, -0.15) is 29.8 Å². The van der Waals surface area contributed by atoms with Gasteiger partial charge in [-0.05, 0) is 13.8 Å². The molecule has 0 aliphatic carbocycles. The Kier molecular flexibility index (Phi) is 10.1. The molecule has 1 unspecified atom stereocenters. The summed E-state index contributed by atoms with van der Waals surface area (Å²) in [6.45, 7) is 3.86. The van der Waals surface area contributed by atoms with Gasteiger partial charge in [0.05, 0.1) is 5.76 Å². The van der Waals surface area contributed by atoms with Gasteiger partial charge in [0, 0.05) is 26.2 Å².